The van der Waals surface area contributed by atoms with E-state index in [1.165, 1.54) is 52.8 Å². The highest BCUT2D eigenvalue weighted by atomic mass is 32.2. The molecule has 11 heteroatoms. The maximum absolute atomic E-state index is 13.0. The zero-order valence-electron chi connectivity index (χ0n) is 17.2. The van der Waals surface area contributed by atoms with Gasteiger partial charge in [-0.15, -0.1) is 0 Å². The van der Waals surface area contributed by atoms with Crippen LogP contribution in [0.3, 0.4) is 0 Å². The van der Waals surface area contributed by atoms with Crippen molar-refractivity contribution in [3.63, 3.8) is 0 Å². The first-order chi connectivity index (χ1) is 15.1. The number of anilines is 1. The number of nitrogens with one attached hydrogen (secondary N) is 2. The van der Waals surface area contributed by atoms with Gasteiger partial charge in [0.05, 0.1) is 9.79 Å². The van der Waals surface area contributed by atoms with Crippen molar-refractivity contribution in [1.29, 1.82) is 0 Å². The lowest BCUT2D eigenvalue weighted by Gasteiger charge is -2.30. The lowest BCUT2D eigenvalue weighted by Crippen LogP contribution is -2.41. The molecule has 4 rings (SSSR count). The summed E-state index contributed by atoms with van der Waals surface area (Å²) in [4.78, 5) is 12.5. The average molecular weight is 482 g/mol. The second kappa shape index (κ2) is 8.89. The number of carbonyl (C=O) groups excluding carboxylic acids is 1. The molecule has 0 aromatic heterocycles. The van der Waals surface area contributed by atoms with Crippen LogP contribution in [0, 0.1) is 11.7 Å². The standard InChI is InChI=1S/C21H24FN3O5S2/c22-16-1-3-17(4-2-16)23-21(26)15-11-13-25(14-12-15)32(29,30)20-9-7-19(8-10-20)31(27,28)24-18-5-6-18/h1-4,7-10,15,18,24H,5-6,11-14H2,(H,23,26). The van der Waals surface area contributed by atoms with Crippen molar-refractivity contribution in [3.8, 4) is 0 Å². The summed E-state index contributed by atoms with van der Waals surface area (Å²) >= 11 is 0. The predicted octanol–water partition coefficient (Wildman–Crippen LogP) is 2.31. The summed E-state index contributed by atoms with van der Waals surface area (Å²) in [5.41, 5.74) is 0.484. The number of hydrogen-bond donors (Lipinski definition) is 2. The summed E-state index contributed by atoms with van der Waals surface area (Å²) < 4.78 is 67.3. The summed E-state index contributed by atoms with van der Waals surface area (Å²) in [7, 11) is -7.46. The molecular weight excluding hydrogens is 457 g/mol. The molecule has 0 radical (unpaired) electrons. The van der Waals surface area contributed by atoms with Crippen molar-refractivity contribution in [2.75, 3.05) is 18.4 Å². The van der Waals surface area contributed by atoms with Gasteiger partial charge in [0, 0.05) is 30.7 Å². The number of amides is 1. The first-order valence-electron chi connectivity index (χ1n) is 10.3. The SMILES string of the molecule is O=C(Nc1ccc(F)cc1)C1CCN(S(=O)(=O)c2ccc(S(=O)(=O)NC3CC3)cc2)CC1. The van der Waals surface area contributed by atoms with Crippen LogP contribution in [-0.4, -0.2) is 46.2 Å². The van der Waals surface area contributed by atoms with Crippen LogP contribution >= 0.6 is 0 Å². The third-order valence-corrected chi connectivity index (χ3v) is 9.06. The zero-order valence-corrected chi connectivity index (χ0v) is 18.8. The number of hydrogen-bond acceptors (Lipinski definition) is 5. The fourth-order valence-electron chi connectivity index (χ4n) is 3.56. The van der Waals surface area contributed by atoms with Gasteiger partial charge in [-0.1, -0.05) is 0 Å². The lowest BCUT2D eigenvalue weighted by molar-refractivity contribution is -0.120. The van der Waals surface area contributed by atoms with E-state index in [0.29, 0.717) is 18.5 Å². The Balaban J connectivity index is 1.37. The molecule has 0 spiro atoms. The molecule has 1 amide bonds. The molecule has 0 unspecified atom stereocenters. The Morgan fingerprint density at radius 2 is 1.41 bits per heavy atom. The van der Waals surface area contributed by atoms with Gasteiger partial charge in [0.15, 0.2) is 0 Å². The topological polar surface area (TPSA) is 113 Å². The van der Waals surface area contributed by atoms with Crippen molar-refractivity contribution in [2.24, 2.45) is 5.92 Å². The van der Waals surface area contributed by atoms with Crippen molar-refractivity contribution in [1.82, 2.24) is 9.03 Å². The number of nitrogens with zero attached hydrogens (tertiary/aromatic N) is 1. The molecule has 1 saturated heterocycles. The molecule has 0 atom stereocenters. The van der Waals surface area contributed by atoms with Gasteiger partial charge < -0.3 is 5.32 Å². The molecule has 2 aromatic rings. The predicted molar refractivity (Wildman–Crippen MR) is 116 cm³/mol. The number of piperidine rings is 1. The quantitative estimate of drug-likeness (QED) is 0.630. The van der Waals surface area contributed by atoms with Gasteiger partial charge in [0.2, 0.25) is 26.0 Å². The molecule has 2 aromatic carbocycles. The Morgan fingerprint density at radius 1 is 0.844 bits per heavy atom. The van der Waals surface area contributed by atoms with Crippen molar-refractivity contribution < 1.29 is 26.0 Å². The van der Waals surface area contributed by atoms with Crippen LogP contribution in [0.4, 0.5) is 10.1 Å². The molecule has 1 saturated carbocycles. The van der Waals surface area contributed by atoms with E-state index < -0.39 is 25.9 Å². The number of sulfonamides is 2. The second-order valence-corrected chi connectivity index (χ2v) is 11.7. The summed E-state index contributed by atoms with van der Waals surface area (Å²) in [5, 5.41) is 2.73. The van der Waals surface area contributed by atoms with Crippen LogP contribution in [0.2, 0.25) is 0 Å². The van der Waals surface area contributed by atoms with Crippen LogP contribution in [0.1, 0.15) is 25.7 Å². The molecule has 32 heavy (non-hydrogen) atoms. The van der Waals surface area contributed by atoms with Crippen LogP contribution in [0.15, 0.2) is 58.3 Å². The summed E-state index contributed by atoms with van der Waals surface area (Å²) in [5.74, 6) is -0.981. The van der Waals surface area contributed by atoms with Gasteiger partial charge >= 0.3 is 0 Å². The molecule has 0 bridgehead atoms. The Morgan fingerprint density at radius 3 is 1.97 bits per heavy atom. The van der Waals surface area contributed by atoms with Crippen LogP contribution in [0.25, 0.3) is 0 Å². The van der Waals surface area contributed by atoms with Crippen molar-refractivity contribution >= 4 is 31.6 Å². The summed E-state index contributed by atoms with van der Waals surface area (Å²) in [6, 6.07) is 10.6. The average Bonchev–Trinajstić information content (AvgIpc) is 3.59. The van der Waals surface area contributed by atoms with Gasteiger partial charge in [-0.3, -0.25) is 4.79 Å². The molecule has 1 heterocycles. The van der Waals surface area contributed by atoms with E-state index in [9.17, 15) is 26.0 Å². The first kappa shape index (κ1) is 22.8. The lowest BCUT2D eigenvalue weighted by atomic mass is 9.97. The highest BCUT2D eigenvalue weighted by Gasteiger charge is 2.33. The van der Waals surface area contributed by atoms with Gasteiger partial charge in [-0.25, -0.2) is 25.9 Å². The third kappa shape index (κ3) is 5.17. The second-order valence-electron chi connectivity index (χ2n) is 8.04. The minimum Gasteiger partial charge on any atom is -0.326 e. The molecule has 172 valence electrons. The van der Waals surface area contributed by atoms with Crippen LogP contribution in [-0.2, 0) is 24.8 Å². The molecule has 1 aliphatic carbocycles. The minimum absolute atomic E-state index is 0.0112. The van der Waals surface area contributed by atoms with E-state index >= 15 is 0 Å². The van der Waals surface area contributed by atoms with E-state index in [2.05, 4.69) is 10.0 Å². The van der Waals surface area contributed by atoms with Crippen molar-refractivity contribution in [3.05, 3.63) is 54.3 Å². The molecule has 2 N–H and O–H groups in total. The van der Waals surface area contributed by atoms with E-state index in [1.807, 2.05) is 0 Å². The largest absolute Gasteiger partial charge is 0.326 e. The van der Waals surface area contributed by atoms with Gasteiger partial charge in [-0.2, -0.15) is 4.31 Å². The summed E-state index contributed by atoms with van der Waals surface area (Å²) in [6.45, 7) is 0.347. The fourth-order valence-corrected chi connectivity index (χ4v) is 6.34. The highest BCUT2D eigenvalue weighted by molar-refractivity contribution is 7.89. The Bertz CT molecular complexity index is 1190. The van der Waals surface area contributed by atoms with Gasteiger partial charge in [0.25, 0.3) is 0 Å². The summed E-state index contributed by atoms with van der Waals surface area (Å²) in [6.07, 6.45) is 2.32. The Labute approximate surface area is 186 Å². The van der Waals surface area contributed by atoms with E-state index in [4.69, 9.17) is 0 Å². The van der Waals surface area contributed by atoms with Crippen molar-refractivity contribution in [2.45, 2.75) is 41.5 Å². The maximum atomic E-state index is 13.0. The third-order valence-electron chi connectivity index (χ3n) is 5.61. The normalized spacial score (nSPS) is 18.4. The monoisotopic (exact) mass is 481 g/mol. The number of benzene rings is 2. The van der Waals surface area contributed by atoms with E-state index in [-0.39, 0.29) is 40.7 Å². The Hall–Kier alpha value is -2.34. The molecule has 2 aliphatic rings. The number of carbonyl (C=O) groups is 1. The molecule has 8 nitrogen and oxygen atoms in total. The van der Waals surface area contributed by atoms with Gasteiger partial charge in [0.1, 0.15) is 5.82 Å². The van der Waals surface area contributed by atoms with E-state index in [1.54, 1.807) is 0 Å². The van der Waals surface area contributed by atoms with Gasteiger partial charge in [-0.05, 0) is 74.2 Å². The first-order valence-corrected chi connectivity index (χ1v) is 13.3. The molecular formula is C21H24FN3O5S2. The number of rotatable bonds is 7. The Kier molecular flexibility index (Phi) is 6.35. The molecule has 1 aliphatic heterocycles. The fraction of sp³-hybridized carbons (Fsp3) is 0.381. The van der Waals surface area contributed by atoms with Crippen LogP contribution in [0.5, 0.6) is 0 Å². The van der Waals surface area contributed by atoms with E-state index in [0.717, 1.165) is 12.8 Å². The molecule has 2 fully saturated rings. The van der Waals surface area contributed by atoms with Crippen LogP contribution < -0.4 is 10.0 Å². The number of halogens is 1. The smallest absolute Gasteiger partial charge is 0.243 e. The zero-order chi connectivity index (χ0) is 22.9. The highest BCUT2D eigenvalue weighted by Crippen LogP contribution is 2.27. The minimum atomic E-state index is -3.80. The maximum Gasteiger partial charge on any atom is 0.243 e.